The number of nitrogens with two attached hydrogens (primary N) is 2. The smallest absolute Gasteiger partial charge is 0.320 e. The van der Waals surface area contributed by atoms with Crippen LogP contribution < -0.4 is 11.5 Å². The Bertz CT molecular complexity index is 235. The van der Waals surface area contributed by atoms with Gasteiger partial charge in [0.25, 0.3) is 0 Å². The van der Waals surface area contributed by atoms with Gasteiger partial charge in [0.1, 0.15) is 11.8 Å². The minimum absolute atomic E-state index is 0.164. The maximum absolute atomic E-state index is 11.2. The van der Waals surface area contributed by atoms with Crippen molar-refractivity contribution >= 4 is 11.8 Å². The molecule has 0 radical (unpaired) electrons. The second-order valence-electron chi connectivity index (χ2n) is 3.45. The molecule has 0 saturated heterocycles. The van der Waals surface area contributed by atoms with Crippen LogP contribution in [-0.4, -0.2) is 55.9 Å². The van der Waals surface area contributed by atoms with Crippen LogP contribution in [0.4, 0.5) is 0 Å². The highest BCUT2D eigenvalue weighted by Crippen LogP contribution is 1.95. The third-order valence-electron chi connectivity index (χ3n) is 1.92. The highest BCUT2D eigenvalue weighted by atomic mass is 16.5. The number of aliphatic carboxylic acids is 1. The summed E-state index contributed by atoms with van der Waals surface area (Å²) in [6, 6.07) is -1.13. The summed E-state index contributed by atoms with van der Waals surface area (Å²) in [7, 11) is 0. The molecular formula is C10H20N2O5. The van der Waals surface area contributed by atoms with E-state index in [9.17, 15) is 9.59 Å². The van der Waals surface area contributed by atoms with Crippen molar-refractivity contribution in [3.05, 3.63) is 0 Å². The van der Waals surface area contributed by atoms with Crippen molar-refractivity contribution in [1.82, 2.24) is 0 Å². The first-order valence-corrected chi connectivity index (χ1v) is 5.43. The lowest BCUT2D eigenvalue weighted by atomic mass is 10.1. The lowest BCUT2D eigenvalue weighted by molar-refractivity contribution is -0.140. The molecule has 0 aliphatic carbocycles. The Hall–Kier alpha value is -1.02. The Morgan fingerprint density at radius 2 is 1.71 bits per heavy atom. The zero-order valence-corrected chi connectivity index (χ0v) is 9.76. The average molecular weight is 248 g/mol. The molecule has 0 bridgehead atoms. The summed E-state index contributed by atoms with van der Waals surface area (Å²) in [5, 5.41) is 8.49. The van der Waals surface area contributed by atoms with Gasteiger partial charge in [0.15, 0.2) is 0 Å². The Kier molecular flexibility index (Phi) is 9.55. The summed E-state index contributed by atoms with van der Waals surface area (Å²) in [5.41, 5.74) is 10.4. The van der Waals surface area contributed by atoms with E-state index in [2.05, 4.69) is 0 Å². The number of carboxylic acid groups (broad SMARTS) is 1. The third kappa shape index (κ3) is 9.88. The van der Waals surface area contributed by atoms with Gasteiger partial charge in [0.05, 0.1) is 26.4 Å². The van der Waals surface area contributed by atoms with Crippen molar-refractivity contribution < 1.29 is 24.2 Å². The number of hydrogen-bond acceptors (Lipinski definition) is 6. The monoisotopic (exact) mass is 248 g/mol. The molecule has 0 amide bonds. The van der Waals surface area contributed by atoms with Gasteiger partial charge in [-0.2, -0.15) is 0 Å². The van der Waals surface area contributed by atoms with Crippen LogP contribution in [0.15, 0.2) is 0 Å². The number of rotatable bonds is 11. The molecule has 0 aliphatic rings. The fraction of sp³-hybridized carbons (Fsp3) is 0.800. The second-order valence-corrected chi connectivity index (χ2v) is 3.45. The predicted molar refractivity (Wildman–Crippen MR) is 60.5 cm³/mol. The fourth-order valence-corrected chi connectivity index (χ4v) is 1.03. The lowest BCUT2D eigenvalue weighted by Gasteiger charge is -2.06. The molecule has 0 aromatic rings. The third-order valence-corrected chi connectivity index (χ3v) is 1.92. The number of carboxylic acids is 1. The van der Waals surface area contributed by atoms with Gasteiger partial charge in [0, 0.05) is 19.4 Å². The lowest BCUT2D eigenvalue weighted by Crippen LogP contribution is -2.32. The van der Waals surface area contributed by atoms with Crippen LogP contribution in [0.1, 0.15) is 12.8 Å². The highest BCUT2D eigenvalue weighted by molar-refractivity contribution is 5.85. The van der Waals surface area contributed by atoms with E-state index in [-0.39, 0.29) is 25.2 Å². The predicted octanol–water partition coefficient (Wildman–Crippen LogP) is -1.26. The van der Waals surface area contributed by atoms with Crippen LogP contribution in [0.25, 0.3) is 0 Å². The van der Waals surface area contributed by atoms with Gasteiger partial charge in [-0.3, -0.25) is 9.59 Å². The summed E-state index contributed by atoms with van der Waals surface area (Å²) in [6.07, 6.45) is 0.000234. The molecule has 7 heteroatoms. The summed E-state index contributed by atoms with van der Waals surface area (Å²) in [4.78, 5) is 21.6. The first kappa shape index (κ1) is 16.0. The summed E-state index contributed by atoms with van der Waals surface area (Å²) < 4.78 is 10.2. The first-order chi connectivity index (χ1) is 8.07. The number of carbonyl (C=O) groups excluding carboxylic acids is 1. The molecule has 0 aliphatic heterocycles. The van der Waals surface area contributed by atoms with Crippen LogP contribution in [0, 0.1) is 0 Å². The summed E-state index contributed by atoms with van der Waals surface area (Å²) in [6.45, 7) is 2.01. The SMILES string of the molecule is NCCOCCOCCC(=O)C[C@H](N)C(=O)O. The average Bonchev–Trinajstić information content (AvgIpc) is 2.27. The molecule has 7 nitrogen and oxygen atoms in total. The van der Waals surface area contributed by atoms with Crippen LogP contribution in [0.3, 0.4) is 0 Å². The molecule has 0 saturated carbocycles. The minimum atomic E-state index is -1.17. The molecule has 5 N–H and O–H groups in total. The van der Waals surface area contributed by atoms with Gasteiger partial charge >= 0.3 is 5.97 Å². The van der Waals surface area contributed by atoms with Gasteiger partial charge in [-0.25, -0.2) is 0 Å². The number of carbonyl (C=O) groups is 2. The van der Waals surface area contributed by atoms with Gasteiger partial charge in [0.2, 0.25) is 0 Å². The van der Waals surface area contributed by atoms with E-state index in [0.29, 0.717) is 26.4 Å². The summed E-state index contributed by atoms with van der Waals surface area (Å²) >= 11 is 0. The Balaban J connectivity index is 3.36. The molecule has 100 valence electrons. The quantitative estimate of drug-likeness (QED) is 0.390. The zero-order valence-electron chi connectivity index (χ0n) is 9.76. The molecule has 0 unspecified atom stereocenters. The number of Topliss-reactive ketones (excluding diaryl/α,β-unsaturated/α-hetero) is 1. The molecular weight excluding hydrogens is 228 g/mol. The van der Waals surface area contributed by atoms with Crippen molar-refractivity contribution in [2.45, 2.75) is 18.9 Å². The molecule has 0 aromatic carbocycles. The topological polar surface area (TPSA) is 125 Å². The largest absolute Gasteiger partial charge is 0.480 e. The molecule has 0 aromatic heterocycles. The second kappa shape index (κ2) is 10.2. The van der Waals surface area contributed by atoms with Crippen molar-refractivity contribution in [3.63, 3.8) is 0 Å². The van der Waals surface area contributed by atoms with Crippen molar-refractivity contribution in [1.29, 1.82) is 0 Å². The first-order valence-electron chi connectivity index (χ1n) is 5.43. The molecule has 1 atom stereocenters. The fourth-order valence-electron chi connectivity index (χ4n) is 1.03. The van der Waals surface area contributed by atoms with E-state index >= 15 is 0 Å². The highest BCUT2D eigenvalue weighted by Gasteiger charge is 2.15. The van der Waals surface area contributed by atoms with E-state index < -0.39 is 12.0 Å². The standard InChI is InChI=1S/C10H20N2O5/c11-2-4-17-6-5-16-3-1-8(13)7-9(12)10(14)15/h9H,1-7,11-12H2,(H,14,15)/t9-/m0/s1. The van der Waals surface area contributed by atoms with E-state index in [1.807, 2.05) is 0 Å². The van der Waals surface area contributed by atoms with E-state index in [4.69, 9.17) is 26.0 Å². The Morgan fingerprint density at radius 1 is 1.12 bits per heavy atom. The molecule has 0 heterocycles. The van der Waals surface area contributed by atoms with E-state index in [0.717, 1.165) is 0 Å². The van der Waals surface area contributed by atoms with Crippen molar-refractivity contribution in [2.24, 2.45) is 11.5 Å². The van der Waals surface area contributed by atoms with Crippen molar-refractivity contribution in [2.75, 3.05) is 33.0 Å². The maximum Gasteiger partial charge on any atom is 0.320 e. The van der Waals surface area contributed by atoms with Crippen LogP contribution in [0.5, 0.6) is 0 Å². The number of ketones is 1. The number of hydrogen-bond donors (Lipinski definition) is 3. The van der Waals surface area contributed by atoms with E-state index in [1.54, 1.807) is 0 Å². The van der Waals surface area contributed by atoms with E-state index in [1.165, 1.54) is 0 Å². The Morgan fingerprint density at radius 3 is 2.24 bits per heavy atom. The van der Waals surface area contributed by atoms with Gasteiger partial charge in [-0.1, -0.05) is 0 Å². The summed E-state index contributed by atoms with van der Waals surface area (Å²) in [5.74, 6) is -1.39. The number of ether oxygens (including phenoxy) is 2. The van der Waals surface area contributed by atoms with Crippen molar-refractivity contribution in [3.8, 4) is 0 Å². The molecule has 0 spiro atoms. The van der Waals surface area contributed by atoms with Crippen LogP contribution in [0.2, 0.25) is 0 Å². The minimum Gasteiger partial charge on any atom is -0.480 e. The molecule has 0 fully saturated rings. The van der Waals surface area contributed by atoms with Gasteiger partial charge in [-0.05, 0) is 0 Å². The normalized spacial score (nSPS) is 12.4. The zero-order chi connectivity index (χ0) is 13.1. The maximum atomic E-state index is 11.2. The molecule has 0 rings (SSSR count). The van der Waals surface area contributed by atoms with Gasteiger partial charge < -0.3 is 26.0 Å². The van der Waals surface area contributed by atoms with Gasteiger partial charge in [-0.15, -0.1) is 0 Å². The molecule has 17 heavy (non-hydrogen) atoms. The van der Waals surface area contributed by atoms with Crippen LogP contribution >= 0.6 is 0 Å². The van der Waals surface area contributed by atoms with Crippen LogP contribution in [-0.2, 0) is 19.1 Å². The Labute approximate surface area is 100 Å².